The van der Waals surface area contributed by atoms with Crippen molar-refractivity contribution in [3.63, 3.8) is 0 Å². The summed E-state index contributed by atoms with van der Waals surface area (Å²) in [4.78, 5) is 25.6. The monoisotopic (exact) mass is 333 g/mol. The molecule has 1 saturated heterocycles. The average Bonchev–Trinajstić information content (AvgIpc) is 3.28. The molecule has 1 aliphatic heterocycles. The summed E-state index contributed by atoms with van der Waals surface area (Å²) in [5.74, 6) is 0.164. The van der Waals surface area contributed by atoms with Crippen LogP contribution in [0, 0.1) is 11.3 Å². The molecule has 7 heteroatoms. The van der Waals surface area contributed by atoms with E-state index in [1.165, 1.54) is 12.4 Å². The SMILES string of the molecule is N#Cc1nccnc1O[C@H]1CCN(C(=O)c2cc3ccccc3[nH]2)C1. The number of fused-ring (bicyclic) bond motifs is 1. The highest BCUT2D eigenvalue weighted by atomic mass is 16.5. The normalized spacial score (nSPS) is 16.8. The summed E-state index contributed by atoms with van der Waals surface area (Å²) in [6, 6.07) is 11.6. The number of carbonyl (C=O) groups excluding carboxylic acids is 1. The number of H-pyrrole nitrogens is 1. The minimum Gasteiger partial charge on any atom is -0.470 e. The van der Waals surface area contributed by atoms with Crippen LogP contribution in [-0.4, -0.2) is 45.0 Å². The molecule has 2 aromatic heterocycles. The third-order valence-electron chi connectivity index (χ3n) is 4.24. The van der Waals surface area contributed by atoms with Gasteiger partial charge in [-0.05, 0) is 12.1 Å². The zero-order chi connectivity index (χ0) is 17.2. The Hall–Kier alpha value is -3.40. The van der Waals surface area contributed by atoms with E-state index in [1.807, 2.05) is 36.4 Å². The number of ether oxygens (including phenoxy) is 1. The average molecular weight is 333 g/mol. The number of carbonyl (C=O) groups is 1. The Kier molecular flexibility index (Phi) is 3.78. The Morgan fingerprint density at radius 3 is 3.00 bits per heavy atom. The Labute approximate surface area is 143 Å². The molecule has 0 bridgehead atoms. The van der Waals surface area contributed by atoms with Crippen LogP contribution in [0.5, 0.6) is 5.88 Å². The maximum Gasteiger partial charge on any atom is 0.270 e. The van der Waals surface area contributed by atoms with Gasteiger partial charge in [-0.3, -0.25) is 4.79 Å². The minimum absolute atomic E-state index is 0.0537. The minimum atomic E-state index is -0.197. The van der Waals surface area contributed by atoms with E-state index in [-0.39, 0.29) is 23.6 Å². The van der Waals surface area contributed by atoms with Gasteiger partial charge in [-0.2, -0.15) is 5.26 Å². The maximum absolute atomic E-state index is 12.7. The summed E-state index contributed by atoms with van der Waals surface area (Å²) in [7, 11) is 0. The first kappa shape index (κ1) is 15.1. The first-order valence-electron chi connectivity index (χ1n) is 7.99. The summed E-state index contributed by atoms with van der Waals surface area (Å²) >= 11 is 0. The first-order valence-corrected chi connectivity index (χ1v) is 7.99. The lowest BCUT2D eigenvalue weighted by molar-refractivity contribution is 0.0766. The van der Waals surface area contributed by atoms with Gasteiger partial charge in [0, 0.05) is 36.3 Å². The largest absolute Gasteiger partial charge is 0.470 e. The standard InChI is InChI=1S/C18H15N5O2/c19-10-16-17(21-7-6-20-16)25-13-5-8-23(11-13)18(24)15-9-12-3-1-2-4-14(12)22-15/h1-4,6-7,9,13,22H,5,8,11H2/t13-/m0/s1. The number of aromatic amines is 1. The molecule has 3 aromatic rings. The Balaban J connectivity index is 1.46. The zero-order valence-corrected chi connectivity index (χ0v) is 13.3. The van der Waals surface area contributed by atoms with Crippen molar-refractivity contribution >= 4 is 16.8 Å². The van der Waals surface area contributed by atoms with Gasteiger partial charge in [-0.1, -0.05) is 18.2 Å². The van der Waals surface area contributed by atoms with Crippen molar-refractivity contribution in [2.24, 2.45) is 0 Å². The highest BCUT2D eigenvalue weighted by molar-refractivity contribution is 5.98. The van der Waals surface area contributed by atoms with Crippen molar-refractivity contribution < 1.29 is 9.53 Å². The molecule has 3 heterocycles. The Morgan fingerprint density at radius 2 is 2.16 bits per heavy atom. The lowest BCUT2D eigenvalue weighted by Crippen LogP contribution is -2.31. The second kappa shape index (κ2) is 6.24. The van der Waals surface area contributed by atoms with Crippen LogP contribution in [0.25, 0.3) is 10.9 Å². The van der Waals surface area contributed by atoms with Crippen LogP contribution in [0.15, 0.2) is 42.7 Å². The summed E-state index contributed by atoms with van der Waals surface area (Å²) in [6.07, 6.45) is 3.43. The number of aromatic nitrogens is 3. The molecule has 1 amide bonds. The summed E-state index contributed by atoms with van der Waals surface area (Å²) in [5.41, 5.74) is 1.66. The second-order valence-electron chi connectivity index (χ2n) is 5.87. The molecular weight excluding hydrogens is 318 g/mol. The molecule has 0 saturated carbocycles. The molecule has 7 nitrogen and oxygen atoms in total. The number of amides is 1. The van der Waals surface area contributed by atoms with Crippen molar-refractivity contribution in [2.45, 2.75) is 12.5 Å². The van der Waals surface area contributed by atoms with E-state index in [9.17, 15) is 4.79 Å². The molecule has 1 atom stereocenters. The van der Waals surface area contributed by atoms with Crippen LogP contribution < -0.4 is 4.74 Å². The molecule has 0 radical (unpaired) electrons. The highest BCUT2D eigenvalue weighted by Gasteiger charge is 2.30. The number of rotatable bonds is 3. The van der Waals surface area contributed by atoms with Gasteiger partial charge in [-0.25, -0.2) is 9.97 Å². The number of para-hydroxylation sites is 1. The highest BCUT2D eigenvalue weighted by Crippen LogP contribution is 2.21. The van der Waals surface area contributed by atoms with Gasteiger partial charge >= 0.3 is 0 Å². The van der Waals surface area contributed by atoms with E-state index < -0.39 is 0 Å². The molecule has 1 fully saturated rings. The van der Waals surface area contributed by atoms with Crippen LogP contribution in [0.2, 0.25) is 0 Å². The van der Waals surface area contributed by atoms with Crippen molar-refractivity contribution in [3.05, 3.63) is 54.1 Å². The third kappa shape index (κ3) is 2.90. The fourth-order valence-corrected chi connectivity index (χ4v) is 3.01. The Bertz CT molecular complexity index is 942. The van der Waals surface area contributed by atoms with Crippen molar-refractivity contribution in [2.75, 3.05) is 13.1 Å². The lowest BCUT2D eigenvalue weighted by atomic mass is 10.2. The van der Waals surface area contributed by atoms with Gasteiger partial charge < -0.3 is 14.6 Å². The Morgan fingerprint density at radius 1 is 1.32 bits per heavy atom. The summed E-state index contributed by atoms with van der Waals surface area (Å²) in [6.45, 7) is 1.05. The van der Waals surface area contributed by atoms with E-state index in [1.54, 1.807) is 4.90 Å². The molecule has 4 rings (SSSR count). The van der Waals surface area contributed by atoms with Crippen molar-refractivity contribution in [1.29, 1.82) is 5.26 Å². The van der Waals surface area contributed by atoms with Gasteiger partial charge in [0.2, 0.25) is 5.69 Å². The smallest absolute Gasteiger partial charge is 0.270 e. The van der Waals surface area contributed by atoms with Crippen LogP contribution in [0.4, 0.5) is 0 Å². The van der Waals surface area contributed by atoms with Crippen LogP contribution in [-0.2, 0) is 0 Å². The number of likely N-dealkylation sites (tertiary alicyclic amines) is 1. The van der Waals surface area contributed by atoms with Gasteiger partial charge in [0.25, 0.3) is 11.8 Å². The third-order valence-corrected chi connectivity index (χ3v) is 4.24. The van der Waals surface area contributed by atoms with Crippen LogP contribution in [0.1, 0.15) is 22.6 Å². The van der Waals surface area contributed by atoms with Gasteiger partial charge in [0.15, 0.2) is 0 Å². The van der Waals surface area contributed by atoms with Crippen molar-refractivity contribution in [3.8, 4) is 11.9 Å². The zero-order valence-electron chi connectivity index (χ0n) is 13.3. The number of nitrogens with zero attached hydrogens (tertiary/aromatic N) is 4. The van der Waals surface area contributed by atoms with E-state index in [0.717, 1.165) is 10.9 Å². The van der Waals surface area contributed by atoms with E-state index in [4.69, 9.17) is 10.00 Å². The summed E-state index contributed by atoms with van der Waals surface area (Å²) < 4.78 is 5.77. The molecular formula is C18H15N5O2. The summed E-state index contributed by atoms with van der Waals surface area (Å²) in [5, 5.41) is 10.1. The fourth-order valence-electron chi connectivity index (χ4n) is 3.01. The van der Waals surface area contributed by atoms with Gasteiger partial charge in [0.05, 0.1) is 6.54 Å². The molecule has 0 spiro atoms. The topological polar surface area (TPSA) is 94.9 Å². The molecule has 124 valence electrons. The van der Waals surface area contributed by atoms with Crippen LogP contribution >= 0.6 is 0 Å². The molecule has 0 unspecified atom stereocenters. The quantitative estimate of drug-likeness (QED) is 0.792. The molecule has 0 aliphatic carbocycles. The van der Waals surface area contributed by atoms with E-state index >= 15 is 0 Å². The predicted octanol–water partition coefficient (Wildman–Crippen LogP) is 2.12. The van der Waals surface area contributed by atoms with E-state index in [0.29, 0.717) is 25.2 Å². The number of hydrogen-bond acceptors (Lipinski definition) is 5. The van der Waals surface area contributed by atoms with Crippen LogP contribution in [0.3, 0.4) is 0 Å². The lowest BCUT2D eigenvalue weighted by Gasteiger charge is -2.16. The predicted molar refractivity (Wildman–Crippen MR) is 90.0 cm³/mol. The van der Waals surface area contributed by atoms with Crippen molar-refractivity contribution in [1.82, 2.24) is 19.9 Å². The number of benzene rings is 1. The van der Waals surface area contributed by atoms with E-state index in [2.05, 4.69) is 15.0 Å². The number of nitriles is 1. The number of hydrogen-bond donors (Lipinski definition) is 1. The first-order chi connectivity index (χ1) is 12.2. The number of nitrogens with one attached hydrogen (secondary N) is 1. The molecule has 1 N–H and O–H groups in total. The molecule has 1 aliphatic rings. The second-order valence-corrected chi connectivity index (χ2v) is 5.87. The fraction of sp³-hybridized carbons (Fsp3) is 0.222. The van der Waals surface area contributed by atoms with Gasteiger partial charge in [-0.15, -0.1) is 0 Å². The molecule has 25 heavy (non-hydrogen) atoms. The van der Waals surface area contributed by atoms with Gasteiger partial charge in [0.1, 0.15) is 17.9 Å². The molecule has 1 aromatic carbocycles. The maximum atomic E-state index is 12.7.